The van der Waals surface area contributed by atoms with Crippen molar-refractivity contribution < 1.29 is 0 Å². The van der Waals surface area contributed by atoms with Crippen LogP contribution in [-0.2, 0) is 6.42 Å². The van der Waals surface area contributed by atoms with Crippen molar-refractivity contribution in [3.63, 3.8) is 0 Å². The van der Waals surface area contributed by atoms with E-state index in [0.717, 1.165) is 23.5 Å². The summed E-state index contributed by atoms with van der Waals surface area (Å²) in [7, 11) is 0. The van der Waals surface area contributed by atoms with Gasteiger partial charge in [0.25, 0.3) is 0 Å². The van der Waals surface area contributed by atoms with E-state index in [4.69, 9.17) is 0 Å². The molecule has 0 unspecified atom stereocenters. The molecule has 2 heteroatoms. The summed E-state index contributed by atoms with van der Waals surface area (Å²) in [6.45, 7) is 9.32. The second-order valence-electron chi connectivity index (χ2n) is 2.77. The largest absolute Gasteiger partial charge is 0.255 e. The Balaban J connectivity index is 3.10. The van der Waals surface area contributed by atoms with Gasteiger partial charge in [-0.2, -0.15) is 0 Å². The van der Waals surface area contributed by atoms with E-state index in [-0.39, 0.29) is 0 Å². The zero-order valence-electron chi connectivity index (χ0n) is 8.40. The zero-order chi connectivity index (χ0) is 10.4. The molecule has 72 valence electrons. The number of aryl methyl sites for hydroxylation is 1. The molecule has 0 aliphatic carbocycles. The van der Waals surface area contributed by atoms with E-state index >= 15 is 0 Å². The van der Waals surface area contributed by atoms with Crippen LogP contribution >= 0.6 is 0 Å². The van der Waals surface area contributed by atoms with Crippen molar-refractivity contribution in [1.82, 2.24) is 4.98 Å². The van der Waals surface area contributed by atoms with Crippen LogP contribution in [0, 0.1) is 0 Å². The summed E-state index contributed by atoms with van der Waals surface area (Å²) in [4.78, 5) is 8.52. The van der Waals surface area contributed by atoms with Crippen molar-refractivity contribution in [3.05, 3.63) is 55.0 Å². The Kier molecular flexibility index (Phi) is 3.80. The zero-order valence-corrected chi connectivity index (χ0v) is 8.40. The lowest BCUT2D eigenvalue weighted by atomic mass is 10.2. The third-order valence-electron chi connectivity index (χ3n) is 1.86. The molecule has 1 aromatic heterocycles. The predicted octanol–water partition coefficient (Wildman–Crippen LogP) is 2.76. The van der Waals surface area contributed by atoms with Crippen LogP contribution in [0.4, 0.5) is 0 Å². The molecule has 0 aliphatic heterocycles. The molecule has 0 fully saturated rings. The van der Waals surface area contributed by atoms with E-state index in [9.17, 15) is 0 Å². The fourth-order valence-corrected chi connectivity index (χ4v) is 1.14. The quantitative estimate of drug-likeness (QED) is 0.664. The van der Waals surface area contributed by atoms with Crippen LogP contribution in [0.25, 0.3) is 0 Å². The molecular weight excluding hydrogens is 172 g/mol. The van der Waals surface area contributed by atoms with E-state index in [0.29, 0.717) is 0 Å². The fourth-order valence-electron chi connectivity index (χ4n) is 1.14. The fraction of sp³-hybridized carbons (Fsp3) is 0.167. The van der Waals surface area contributed by atoms with Crippen LogP contribution in [0.5, 0.6) is 0 Å². The third kappa shape index (κ3) is 2.39. The molecule has 0 saturated carbocycles. The molecule has 1 rings (SSSR count). The van der Waals surface area contributed by atoms with Gasteiger partial charge in [0.15, 0.2) is 0 Å². The van der Waals surface area contributed by atoms with E-state index in [1.807, 2.05) is 18.2 Å². The highest BCUT2D eigenvalue weighted by atomic mass is 14.8. The number of nitrogens with zero attached hydrogens (tertiary/aromatic N) is 2. The van der Waals surface area contributed by atoms with E-state index in [1.165, 1.54) is 6.20 Å². The summed E-state index contributed by atoms with van der Waals surface area (Å²) in [5, 5.41) is 0. The van der Waals surface area contributed by atoms with Crippen LogP contribution in [0.15, 0.2) is 48.6 Å². The number of hydrogen-bond donors (Lipinski definition) is 0. The Hall–Kier alpha value is -1.70. The number of pyridine rings is 1. The molecule has 0 amide bonds. The minimum Gasteiger partial charge on any atom is -0.255 e. The number of allylic oxidation sites excluding steroid dienone is 1. The SMILES string of the molecule is C=CN=C(C=C)c1cccc(CC)n1. The Labute approximate surface area is 84.7 Å². The minimum absolute atomic E-state index is 0.760. The molecule has 14 heavy (non-hydrogen) atoms. The van der Waals surface area contributed by atoms with Crippen molar-refractivity contribution in [2.75, 3.05) is 0 Å². The maximum Gasteiger partial charge on any atom is 0.0889 e. The standard InChI is InChI=1S/C12H14N2/c1-4-10-8-7-9-12(14-10)11(5-2)13-6-3/h5-9H,2-4H2,1H3. The molecule has 0 bridgehead atoms. The summed E-state index contributed by atoms with van der Waals surface area (Å²) >= 11 is 0. The number of hydrogen-bond acceptors (Lipinski definition) is 2. The summed E-state index contributed by atoms with van der Waals surface area (Å²) in [5.74, 6) is 0. The van der Waals surface area contributed by atoms with Crippen LogP contribution in [-0.4, -0.2) is 10.7 Å². The minimum atomic E-state index is 0.760. The van der Waals surface area contributed by atoms with Gasteiger partial charge in [0.2, 0.25) is 0 Å². The first-order valence-corrected chi connectivity index (χ1v) is 4.59. The molecule has 0 radical (unpaired) electrons. The summed E-state index contributed by atoms with van der Waals surface area (Å²) in [5.41, 5.74) is 2.66. The lowest BCUT2D eigenvalue weighted by Crippen LogP contribution is -2.01. The second kappa shape index (κ2) is 5.12. The maximum absolute atomic E-state index is 4.43. The van der Waals surface area contributed by atoms with Crippen molar-refractivity contribution in [2.45, 2.75) is 13.3 Å². The molecule has 0 saturated heterocycles. The monoisotopic (exact) mass is 186 g/mol. The van der Waals surface area contributed by atoms with Crippen LogP contribution in [0.3, 0.4) is 0 Å². The van der Waals surface area contributed by atoms with Gasteiger partial charge in [-0.15, -0.1) is 0 Å². The van der Waals surface area contributed by atoms with Crippen molar-refractivity contribution >= 4 is 5.71 Å². The smallest absolute Gasteiger partial charge is 0.0889 e. The molecule has 0 N–H and O–H groups in total. The van der Waals surface area contributed by atoms with Crippen LogP contribution < -0.4 is 0 Å². The predicted molar refractivity (Wildman–Crippen MR) is 60.5 cm³/mol. The highest BCUT2D eigenvalue weighted by molar-refractivity contribution is 6.07. The van der Waals surface area contributed by atoms with Crippen molar-refractivity contribution in [3.8, 4) is 0 Å². The average molecular weight is 186 g/mol. The van der Waals surface area contributed by atoms with Crippen LogP contribution in [0.1, 0.15) is 18.3 Å². The summed E-state index contributed by atoms with van der Waals surface area (Å²) in [6.07, 6.45) is 4.10. The van der Waals surface area contributed by atoms with E-state index in [1.54, 1.807) is 6.08 Å². The molecule has 0 aromatic carbocycles. The lowest BCUT2D eigenvalue weighted by molar-refractivity contribution is 1.03. The highest BCUT2D eigenvalue weighted by Gasteiger charge is 2.00. The summed E-state index contributed by atoms with van der Waals surface area (Å²) < 4.78 is 0. The van der Waals surface area contributed by atoms with Gasteiger partial charge >= 0.3 is 0 Å². The Morgan fingerprint density at radius 2 is 2.29 bits per heavy atom. The molecule has 0 aliphatic rings. The lowest BCUT2D eigenvalue weighted by Gasteiger charge is -2.01. The van der Waals surface area contributed by atoms with Gasteiger partial charge in [-0.05, 0) is 24.6 Å². The Morgan fingerprint density at radius 1 is 1.50 bits per heavy atom. The number of aromatic nitrogens is 1. The molecular formula is C12H14N2. The second-order valence-corrected chi connectivity index (χ2v) is 2.77. The molecule has 0 spiro atoms. The average Bonchev–Trinajstić information content (AvgIpc) is 2.26. The van der Waals surface area contributed by atoms with Gasteiger partial charge in [-0.3, -0.25) is 9.98 Å². The molecule has 0 atom stereocenters. The highest BCUT2D eigenvalue weighted by Crippen LogP contribution is 2.03. The van der Waals surface area contributed by atoms with Gasteiger partial charge in [0, 0.05) is 11.9 Å². The summed E-state index contributed by atoms with van der Waals surface area (Å²) in [6, 6.07) is 5.89. The normalized spacial score (nSPS) is 11.1. The van der Waals surface area contributed by atoms with Crippen LogP contribution in [0.2, 0.25) is 0 Å². The third-order valence-corrected chi connectivity index (χ3v) is 1.86. The topological polar surface area (TPSA) is 25.2 Å². The van der Waals surface area contributed by atoms with Gasteiger partial charge < -0.3 is 0 Å². The van der Waals surface area contributed by atoms with E-state index < -0.39 is 0 Å². The number of rotatable bonds is 4. The van der Waals surface area contributed by atoms with Gasteiger partial charge in [-0.25, -0.2) is 0 Å². The molecule has 1 aromatic rings. The first-order valence-electron chi connectivity index (χ1n) is 4.59. The van der Waals surface area contributed by atoms with Crippen molar-refractivity contribution in [1.29, 1.82) is 0 Å². The Morgan fingerprint density at radius 3 is 2.86 bits per heavy atom. The maximum atomic E-state index is 4.43. The van der Waals surface area contributed by atoms with Gasteiger partial charge in [-0.1, -0.05) is 26.1 Å². The van der Waals surface area contributed by atoms with Crippen molar-refractivity contribution in [2.24, 2.45) is 4.99 Å². The van der Waals surface area contributed by atoms with Gasteiger partial charge in [0.05, 0.1) is 11.4 Å². The first kappa shape index (κ1) is 10.4. The van der Waals surface area contributed by atoms with Gasteiger partial charge in [0.1, 0.15) is 0 Å². The molecule has 2 nitrogen and oxygen atoms in total. The number of aliphatic imine (C=N–C) groups is 1. The first-order chi connectivity index (χ1) is 6.81. The Bertz CT molecular complexity index is 364. The van der Waals surface area contributed by atoms with E-state index in [2.05, 4.69) is 30.1 Å². The molecule has 1 heterocycles.